The van der Waals surface area contributed by atoms with Gasteiger partial charge in [-0.3, -0.25) is 9.97 Å². The summed E-state index contributed by atoms with van der Waals surface area (Å²) in [4.78, 5) is 13.3. The monoisotopic (exact) mass is 437 g/mol. The van der Waals surface area contributed by atoms with Crippen molar-refractivity contribution in [1.82, 2.24) is 15.0 Å². The smallest absolute Gasteiger partial charge is 0.138 e. The van der Waals surface area contributed by atoms with Gasteiger partial charge in [-0.15, -0.1) is 0 Å². The van der Waals surface area contributed by atoms with Crippen molar-refractivity contribution in [1.29, 1.82) is 0 Å². The van der Waals surface area contributed by atoms with Gasteiger partial charge in [0.25, 0.3) is 0 Å². The van der Waals surface area contributed by atoms with Crippen LogP contribution in [0, 0.1) is 0 Å². The zero-order valence-corrected chi connectivity index (χ0v) is 17.0. The van der Waals surface area contributed by atoms with E-state index in [2.05, 4.69) is 30.9 Å². The van der Waals surface area contributed by atoms with Crippen molar-refractivity contribution >= 4 is 43.4 Å². The highest BCUT2D eigenvalue weighted by Gasteiger charge is 2.11. The Morgan fingerprint density at radius 3 is 2.75 bits per heavy atom. The molecule has 4 aromatic rings. The molecule has 0 unspecified atom stereocenters. The molecule has 4 N–H and O–H groups in total. The molecular weight excluding hydrogens is 418 g/mol. The van der Waals surface area contributed by atoms with E-state index in [4.69, 9.17) is 16.2 Å². The topological polar surface area (TPSA) is 99.9 Å². The van der Waals surface area contributed by atoms with Crippen molar-refractivity contribution in [3.63, 3.8) is 0 Å². The molecule has 142 valence electrons. The van der Waals surface area contributed by atoms with Crippen LogP contribution in [-0.2, 0) is 0 Å². The van der Waals surface area contributed by atoms with E-state index in [-0.39, 0.29) is 6.04 Å². The number of fused-ring (bicyclic) bond motifs is 3. The number of hydrogen-bond acceptors (Lipinski definition) is 6. The molecule has 1 aromatic carbocycles. The Morgan fingerprint density at radius 1 is 1.07 bits per heavy atom. The molecule has 0 aliphatic heterocycles. The first-order valence-corrected chi connectivity index (χ1v) is 9.82. The lowest BCUT2D eigenvalue weighted by Crippen LogP contribution is -2.26. The molecule has 28 heavy (non-hydrogen) atoms. The van der Waals surface area contributed by atoms with E-state index in [1.165, 1.54) is 0 Å². The first kappa shape index (κ1) is 18.6. The highest BCUT2D eigenvalue weighted by atomic mass is 79.9. The van der Waals surface area contributed by atoms with Crippen molar-refractivity contribution in [3.05, 3.63) is 53.4 Å². The van der Waals surface area contributed by atoms with Crippen LogP contribution >= 0.6 is 15.9 Å². The molecule has 0 aliphatic rings. The van der Waals surface area contributed by atoms with Crippen molar-refractivity contribution in [2.45, 2.75) is 19.4 Å². The van der Waals surface area contributed by atoms with Crippen LogP contribution in [0.15, 0.2) is 53.4 Å². The molecule has 3 aromatic heterocycles. The predicted molar refractivity (Wildman–Crippen MR) is 116 cm³/mol. The van der Waals surface area contributed by atoms with Crippen LogP contribution in [0.3, 0.4) is 0 Å². The number of nitrogen functional groups attached to an aromatic ring is 1. The van der Waals surface area contributed by atoms with Gasteiger partial charge < -0.3 is 16.2 Å². The van der Waals surface area contributed by atoms with Crippen molar-refractivity contribution in [2.24, 2.45) is 5.73 Å². The minimum atomic E-state index is -0.00425. The fraction of sp³-hybridized carbons (Fsp3) is 0.190. The van der Waals surface area contributed by atoms with Crippen molar-refractivity contribution < 1.29 is 4.74 Å². The van der Waals surface area contributed by atoms with Crippen LogP contribution < -0.4 is 16.2 Å². The van der Waals surface area contributed by atoms with E-state index in [9.17, 15) is 0 Å². The number of nitrogens with zero attached hydrogens (tertiary/aromatic N) is 3. The molecule has 0 radical (unpaired) electrons. The fourth-order valence-corrected chi connectivity index (χ4v) is 3.37. The Labute approximate surface area is 171 Å². The van der Waals surface area contributed by atoms with E-state index >= 15 is 0 Å². The van der Waals surface area contributed by atoms with Gasteiger partial charge in [-0.25, -0.2) is 4.98 Å². The first-order valence-electron chi connectivity index (χ1n) is 9.03. The Balaban J connectivity index is 1.81. The van der Waals surface area contributed by atoms with Crippen LogP contribution in [0.1, 0.15) is 13.3 Å². The number of anilines is 1. The summed E-state index contributed by atoms with van der Waals surface area (Å²) in [6, 6.07) is 9.90. The van der Waals surface area contributed by atoms with E-state index in [0.717, 1.165) is 43.8 Å². The van der Waals surface area contributed by atoms with Gasteiger partial charge >= 0.3 is 0 Å². The molecule has 0 spiro atoms. The third-order valence-electron chi connectivity index (χ3n) is 4.67. The maximum atomic E-state index is 6.25. The van der Waals surface area contributed by atoms with Crippen LogP contribution in [0.2, 0.25) is 0 Å². The summed E-state index contributed by atoms with van der Waals surface area (Å²) in [7, 11) is 0. The van der Waals surface area contributed by atoms with Gasteiger partial charge in [-0.2, -0.15) is 0 Å². The lowest BCUT2D eigenvalue weighted by Gasteiger charge is -2.12. The molecule has 0 amide bonds. The summed E-state index contributed by atoms with van der Waals surface area (Å²) in [5.41, 5.74) is 14.6. The maximum Gasteiger partial charge on any atom is 0.138 e. The molecule has 4 rings (SSSR count). The van der Waals surface area contributed by atoms with E-state index in [0.29, 0.717) is 18.2 Å². The first-order chi connectivity index (χ1) is 13.5. The molecule has 3 heterocycles. The Hall–Kier alpha value is -2.77. The third-order valence-corrected chi connectivity index (χ3v) is 5.16. The second-order valence-electron chi connectivity index (χ2n) is 6.66. The molecule has 0 aliphatic carbocycles. The summed E-state index contributed by atoms with van der Waals surface area (Å²) in [5, 5.41) is 2.83. The van der Waals surface area contributed by atoms with Crippen molar-refractivity contribution in [3.8, 4) is 17.0 Å². The van der Waals surface area contributed by atoms with Crippen LogP contribution in [0.25, 0.3) is 32.9 Å². The Kier molecular flexibility index (Phi) is 5.11. The molecule has 0 saturated carbocycles. The second kappa shape index (κ2) is 7.69. The zero-order valence-electron chi connectivity index (χ0n) is 15.4. The number of halogens is 1. The second-order valence-corrected chi connectivity index (χ2v) is 7.58. The van der Waals surface area contributed by atoms with Gasteiger partial charge in [-0.05, 0) is 42.1 Å². The SMILES string of the molecule is CC[C@@H](N)COc1cncc(-c2cc3c(cnc4ccc(Br)cc43)c(N)n2)c1. The zero-order chi connectivity index (χ0) is 19.7. The van der Waals surface area contributed by atoms with Gasteiger partial charge in [0.05, 0.1) is 17.4 Å². The summed E-state index contributed by atoms with van der Waals surface area (Å²) >= 11 is 3.53. The number of aromatic nitrogens is 3. The van der Waals surface area contributed by atoms with Crippen LogP contribution in [-0.4, -0.2) is 27.6 Å². The largest absolute Gasteiger partial charge is 0.490 e. The molecule has 0 fully saturated rings. The standard InChI is InChI=1S/C21H20BrN5O/c1-2-14(23)11-28-15-5-12(8-25-9-15)20-7-16-17-6-13(22)3-4-19(17)26-10-18(16)21(24)27-20/h3-10,14H,2,11,23H2,1H3,(H2,24,27)/t14-/m1/s1. The third kappa shape index (κ3) is 3.63. The lowest BCUT2D eigenvalue weighted by molar-refractivity contribution is 0.284. The molecule has 7 heteroatoms. The molecule has 6 nitrogen and oxygen atoms in total. The summed E-state index contributed by atoms with van der Waals surface area (Å²) < 4.78 is 6.74. The van der Waals surface area contributed by atoms with Gasteiger partial charge in [-0.1, -0.05) is 22.9 Å². The maximum absolute atomic E-state index is 6.25. The number of pyridine rings is 3. The highest BCUT2D eigenvalue weighted by Crippen LogP contribution is 2.32. The average molecular weight is 438 g/mol. The summed E-state index contributed by atoms with van der Waals surface area (Å²) in [5.74, 6) is 1.09. The van der Waals surface area contributed by atoms with E-state index < -0.39 is 0 Å². The van der Waals surface area contributed by atoms with Gasteiger partial charge in [0.15, 0.2) is 0 Å². The van der Waals surface area contributed by atoms with Gasteiger partial charge in [0.1, 0.15) is 18.2 Å². The van der Waals surface area contributed by atoms with Gasteiger partial charge in [0, 0.05) is 39.2 Å². The quantitative estimate of drug-likeness (QED) is 0.451. The number of rotatable bonds is 5. The molecule has 0 saturated heterocycles. The van der Waals surface area contributed by atoms with E-state index in [1.807, 2.05) is 37.3 Å². The summed E-state index contributed by atoms with van der Waals surface area (Å²) in [6.07, 6.45) is 6.04. The van der Waals surface area contributed by atoms with Crippen molar-refractivity contribution in [2.75, 3.05) is 12.3 Å². The summed E-state index contributed by atoms with van der Waals surface area (Å²) in [6.45, 7) is 2.47. The minimum Gasteiger partial charge on any atom is -0.490 e. The van der Waals surface area contributed by atoms with E-state index in [1.54, 1.807) is 18.6 Å². The van der Waals surface area contributed by atoms with Crippen LogP contribution in [0.4, 0.5) is 5.82 Å². The van der Waals surface area contributed by atoms with Crippen LogP contribution in [0.5, 0.6) is 5.75 Å². The Bertz CT molecular complexity index is 1160. The molecule has 1 atom stereocenters. The number of nitrogens with two attached hydrogens (primary N) is 2. The molecular formula is C21H20BrN5O. The average Bonchev–Trinajstić information content (AvgIpc) is 2.72. The fourth-order valence-electron chi connectivity index (χ4n) is 3.01. The number of ether oxygens (including phenoxy) is 1. The lowest BCUT2D eigenvalue weighted by atomic mass is 10.0. The van der Waals surface area contributed by atoms with Gasteiger partial charge in [0.2, 0.25) is 0 Å². The Morgan fingerprint density at radius 2 is 1.93 bits per heavy atom. The minimum absolute atomic E-state index is 0.00425. The normalized spacial score (nSPS) is 12.4. The predicted octanol–water partition coefficient (Wildman–Crippen LogP) is 4.31. The number of benzene rings is 1. The highest BCUT2D eigenvalue weighted by molar-refractivity contribution is 9.10. The number of hydrogen-bond donors (Lipinski definition) is 2. The molecule has 0 bridgehead atoms.